The highest BCUT2D eigenvalue weighted by Gasteiger charge is 2.14. The number of hydrogen-bond acceptors (Lipinski definition) is 2. The Morgan fingerprint density at radius 1 is 1.53 bits per heavy atom. The summed E-state index contributed by atoms with van der Waals surface area (Å²) in [6, 6.07) is 6.01. The van der Waals surface area contributed by atoms with Gasteiger partial charge in [0.25, 0.3) is 0 Å². The molecule has 0 heterocycles. The summed E-state index contributed by atoms with van der Waals surface area (Å²) in [5.41, 5.74) is 0.271. The van der Waals surface area contributed by atoms with Gasteiger partial charge >= 0.3 is 6.03 Å². The van der Waals surface area contributed by atoms with Gasteiger partial charge in [0, 0.05) is 6.54 Å². The predicted molar refractivity (Wildman–Crippen MR) is 59.4 cm³/mol. The summed E-state index contributed by atoms with van der Waals surface area (Å²) < 4.78 is 0. The van der Waals surface area contributed by atoms with Crippen molar-refractivity contribution in [3.8, 4) is 0 Å². The highest BCUT2D eigenvalue weighted by Crippen LogP contribution is 2.23. The quantitative estimate of drug-likeness (QED) is 0.617. The Bertz CT molecular complexity index is 344. The average molecular weight is 229 g/mol. The van der Waals surface area contributed by atoms with Crippen LogP contribution in [0.1, 0.15) is 13.3 Å². The van der Waals surface area contributed by atoms with Crippen LogP contribution in [0.2, 0.25) is 5.02 Å². The minimum Gasteiger partial charge on any atom is -0.336 e. The Morgan fingerprint density at radius 3 is 2.80 bits per heavy atom. The van der Waals surface area contributed by atoms with E-state index < -0.39 is 6.03 Å². The number of para-hydroxylation sites is 1. The van der Waals surface area contributed by atoms with Crippen LogP contribution >= 0.6 is 11.6 Å². The van der Waals surface area contributed by atoms with Crippen LogP contribution in [0.25, 0.3) is 0 Å². The highest BCUT2D eigenvalue weighted by atomic mass is 35.5. The monoisotopic (exact) mass is 228 g/mol. The number of carbonyl (C=O) groups excluding carboxylic acids is 1. The molecule has 0 bridgehead atoms. The number of nitrogens with one attached hydrogen (secondary N) is 1. The van der Waals surface area contributed by atoms with Crippen molar-refractivity contribution in [2.45, 2.75) is 13.3 Å². The minimum atomic E-state index is -0.579. The summed E-state index contributed by atoms with van der Waals surface area (Å²) in [6.45, 7) is 2.44. The van der Waals surface area contributed by atoms with Gasteiger partial charge in [0.15, 0.2) is 0 Å². The van der Waals surface area contributed by atoms with Crippen molar-refractivity contribution in [1.82, 2.24) is 5.32 Å². The molecule has 0 aromatic heterocycles. The number of rotatable bonds is 3. The number of halogens is 1. The number of amides is 2. The van der Waals surface area contributed by atoms with E-state index in [9.17, 15) is 10.0 Å². The van der Waals surface area contributed by atoms with Crippen LogP contribution in [0.5, 0.6) is 0 Å². The Balaban J connectivity index is 2.72. The van der Waals surface area contributed by atoms with Crippen LogP contribution in [-0.4, -0.2) is 17.8 Å². The summed E-state index contributed by atoms with van der Waals surface area (Å²) in [6.07, 6.45) is 0.808. The molecule has 0 aliphatic carbocycles. The molecule has 0 aliphatic heterocycles. The number of urea groups is 1. The second kappa shape index (κ2) is 5.58. The molecule has 0 atom stereocenters. The Morgan fingerprint density at radius 2 is 2.20 bits per heavy atom. The van der Waals surface area contributed by atoms with Crippen LogP contribution in [0.15, 0.2) is 24.3 Å². The zero-order chi connectivity index (χ0) is 11.3. The molecule has 4 nitrogen and oxygen atoms in total. The third-order valence-corrected chi connectivity index (χ3v) is 2.12. The molecule has 82 valence electrons. The molecule has 0 fully saturated rings. The first-order valence-corrected chi connectivity index (χ1v) is 5.06. The molecule has 2 N–H and O–H groups in total. The lowest BCUT2D eigenvalue weighted by atomic mass is 10.3. The smallest absolute Gasteiger partial charge is 0.336 e. The highest BCUT2D eigenvalue weighted by molar-refractivity contribution is 6.33. The number of carbonyl (C=O) groups is 1. The zero-order valence-electron chi connectivity index (χ0n) is 8.40. The fraction of sp³-hybridized carbons (Fsp3) is 0.300. The van der Waals surface area contributed by atoms with Gasteiger partial charge in [-0.1, -0.05) is 30.7 Å². The average Bonchev–Trinajstić information content (AvgIpc) is 2.25. The van der Waals surface area contributed by atoms with Crippen molar-refractivity contribution in [1.29, 1.82) is 0 Å². The van der Waals surface area contributed by atoms with Crippen LogP contribution in [0.4, 0.5) is 10.5 Å². The topological polar surface area (TPSA) is 52.6 Å². The molecule has 0 saturated carbocycles. The summed E-state index contributed by atoms with van der Waals surface area (Å²) in [7, 11) is 0. The lowest BCUT2D eigenvalue weighted by Gasteiger charge is -2.16. The van der Waals surface area contributed by atoms with E-state index in [1.807, 2.05) is 6.92 Å². The molecule has 0 unspecified atom stereocenters. The first-order chi connectivity index (χ1) is 7.16. The molecular weight excluding hydrogens is 216 g/mol. The molecule has 0 aliphatic rings. The Labute approximate surface area is 93.4 Å². The molecule has 15 heavy (non-hydrogen) atoms. The number of nitrogens with zero attached hydrogens (tertiary/aromatic N) is 1. The van der Waals surface area contributed by atoms with Gasteiger partial charge in [-0.2, -0.15) is 5.06 Å². The lowest BCUT2D eigenvalue weighted by Crippen LogP contribution is -2.38. The van der Waals surface area contributed by atoms with Crippen molar-refractivity contribution in [3.05, 3.63) is 29.3 Å². The van der Waals surface area contributed by atoms with Gasteiger partial charge in [0.1, 0.15) is 0 Å². The molecule has 1 aromatic carbocycles. The fourth-order valence-corrected chi connectivity index (χ4v) is 1.26. The normalized spacial score (nSPS) is 9.80. The number of benzene rings is 1. The second-order valence-electron chi connectivity index (χ2n) is 3.00. The van der Waals surface area contributed by atoms with E-state index in [1.54, 1.807) is 24.3 Å². The maximum atomic E-state index is 11.4. The molecule has 0 saturated heterocycles. The van der Waals surface area contributed by atoms with E-state index in [2.05, 4.69) is 5.32 Å². The lowest BCUT2D eigenvalue weighted by molar-refractivity contribution is 0.204. The van der Waals surface area contributed by atoms with E-state index in [0.717, 1.165) is 6.42 Å². The third-order valence-electron chi connectivity index (χ3n) is 1.80. The maximum Gasteiger partial charge on any atom is 0.346 e. The van der Waals surface area contributed by atoms with Gasteiger partial charge in [-0.25, -0.2) is 4.79 Å². The van der Waals surface area contributed by atoms with Gasteiger partial charge in [0.2, 0.25) is 0 Å². The van der Waals surface area contributed by atoms with Crippen LogP contribution in [-0.2, 0) is 0 Å². The molecule has 5 heteroatoms. The number of hydrogen-bond donors (Lipinski definition) is 2. The van der Waals surface area contributed by atoms with Crippen LogP contribution in [0, 0.1) is 0 Å². The molecule has 1 rings (SSSR count). The van der Waals surface area contributed by atoms with Gasteiger partial charge in [-0.05, 0) is 18.6 Å². The van der Waals surface area contributed by atoms with E-state index in [-0.39, 0.29) is 5.69 Å². The van der Waals surface area contributed by atoms with Gasteiger partial charge in [-0.3, -0.25) is 5.21 Å². The summed E-state index contributed by atoms with van der Waals surface area (Å²) in [5.74, 6) is 0. The van der Waals surface area contributed by atoms with Crippen molar-refractivity contribution < 1.29 is 10.0 Å². The minimum absolute atomic E-state index is 0.271. The number of anilines is 1. The fourth-order valence-electron chi connectivity index (χ4n) is 1.04. The van der Waals surface area contributed by atoms with Crippen molar-refractivity contribution in [2.24, 2.45) is 0 Å². The van der Waals surface area contributed by atoms with Gasteiger partial charge < -0.3 is 5.32 Å². The standard InChI is InChI=1S/C10H13ClN2O2/c1-2-7-12-10(14)13(15)9-6-4-3-5-8(9)11/h3-6,15H,2,7H2,1H3,(H,12,14). The first kappa shape index (κ1) is 11.8. The van der Waals surface area contributed by atoms with Gasteiger partial charge in [-0.15, -0.1) is 0 Å². The van der Waals surface area contributed by atoms with E-state index >= 15 is 0 Å². The van der Waals surface area contributed by atoms with Gasteiger partial charge in [0.05, 0.1) is 10.7 Å². The summed E-state index contributed by atoms with van der Waals surface area (Å²) >= 11 is 5.82. The molecular formula is C10H13ClN2O2. The molecule has 2 amide bonds. The maximum absolute atomic E-state index is 11.4. The SMILES string of the molecule is CCCNC(=O)N(O)c1ccccc1Cl. The molecule has 0 spiro atoms. The van der Waals surface area contributed by atoms with Crippen molar-refractivity contribution >= 4 is 23.3 Å². The summed E-state index contributed by atoms with van der Waals surface area (Å²) in [5, 5.41) is 12.9. The first-order valence-electron chi connectivity index (χ1n) is 4.68. The van der Waals surface area contributed by atoms with Crippen LogP contribution in [0.3, 0.4) is 0 Å². The molecule has 0 radical (unpaired) electrons. The summed E-state index contributed by atoms with van der Waals surface area (Å²) in [4.78, 5) is 11.4. The van der Waals surface area contributed by atoms with E-state index in [4.69, 9.17) is 11.6 Å². The van der Waals surface area contributed by atoms with E-state index in [1.165, 1.54) is 0 Å². The zero-order valence-corrected chi connectivity index (χ0v) is 9.16. The largest absolute Gasteiger partial charge is 0.346 e. The van der Waals surface area contributed by atoms with Crippen molar-refractivity contribution in [3.63, 3.8) is 0 Å². The Hall–Kier alpha value is -1.26. The Kier molecular flexibility index (Phi) is 4.39. The van der Waals surface area contributed by atoms with E-state index in [0.29, 0.717) is 16.6 Å². The van der Waals surface area contributed by atoms with Crippen molar-refractivity contribution in [2.75, 3.05) is 11.6 Å². The predicted octanol–water partition coefficient (Wildman–Crippen LogP) is 2.66. The third kappa shape index (κ3) is 3.11. The number of hydroxylamine groups is 1. The molecule has 1 aromatic rings. The van der Waals surface area contributed by atoms with Crippen LogP contribution < -0.4 is 10.4 Å². The second-order valence-corrected chi connectivity index (χ2v) is 3.40.